The van der Waals surface area contributed by atoms with Crippen molar-refractivity contribution in [3.05, 3.63) is 41.3 Å². The summed E-state index contributed by atoms with van der Waals surface area (Å²) in [6, 6.07) is 7.85. The highest BCUT2D eigenvalue weighted by Crippen LogP contribution is 2.22. The normalized spacial score (nSPS) is 10.4. The number of hydrogen-bond acceptors (Lipinski definition) is 3. The number of nitrogens with zero attached hydrogens (tertiary/aromatic N) is 1. The molecule has 1 heterocycles. The number of oxazole rings is 1. The number of benzene rings is 1. The molecule has 0 spiro atoms. The highest BCUT2D eigenvalue weighted by Gasteiger charge is 2.14. The molecule has 0 aliphatic rings. The zero-order chi connectivity index (χ0) is 11.7. The van der Waals surface area contributed by atoms with E-state index in [1.54, 1.807) is 6.92 Å². The van der Waals surface area contributed by atoms with E-state index >= 15 is 0 Å². The molecule has 0 aliphatic carbocycles. The van der Waals surface area contributed by atoms with E-state index in [0.29, 0.717) is 17.3 Å². The van der Waals surface area contributed by atoms with Crippen LogP contribution in [-0.2, 0) is 0 Å². The van der Waals surface area contributed by atoms with E-state index in [9.17, 15) is 4.79 Å². The minimum atomic E-state index is -0.0693. The van der Waals surface area contributed by atoms with Crippen molar-refractivity contribution in [1.82, 2.24) is 4.98 Å². The minimum Gasteiger partial charge on any atom is -0.441 e. The fourth-order valence-corrected chi connectivity index (χ4v) is 1.62. The lowest BCUT2D eigenvalue weighted by molar-refractivity contribution is 0.101. The summed E-state index contributed by atoms with van der Waals surface area (Å²) in [5.74, 6) is 1.01. The summed E-state index contributed by atoms with van der Waals surface area (Å²) in [4.78, 5) is 15.5. The Kier molecular flexibility index (Phi) is 2.60. The van der Waals surface area contributed by atoms with Gasteiger partial charge in [-0.1, -0.05) is 17.7 Å². The van der Waals surface area contributed by atoms with Gasteiger partial charge in [0, 0.05) is 12.5 Å². The molecule has 0 atom stereocenters. The maximum absolute atomic E-state index is 11.3. The van der Waals surface area contributed by atoms with Gasteiger partial charge in [0.25, 0.3) is 0 Å². The predicted octanol–water partition coefficient (Wildman–Crippen LogP) is 3.16. The summed E-state index contributed by atoms with van der Waals surface area (Å²) >= 11 is 0. The lowest BCUT2D eigenvalue weighted by Gasteiger charge is -1.96. The monoisotopic (exact) mass is 215 g/mol. The molecule has 2 aromatic rings. The van der Waals surface area contributed by atoms with E-state index < -0.39 is 0 Å². The van der Waals surface area contributed by atoms with Crippen LogP contribution in [0.25, 0.3) is 11.5 Å². The Morgan fingerprint density at radius 1 is 1.31 bits per heavy atom. The Morgan fingerprint density at radius 3 is 2.62 bits per heavy atom. The third-order valence-electron chi connectivity index (χ3n) is 2.40. The van der Waals surface area contributed by atoms with Gasteiger partial charge >= 0.3 is 0 Å². The number of aryl methyl sites for hydroxylation is 2. The average molecular weight is 215 g/mol. The van der Waals surface area contributed by atoms with E-state index in [1.165, 1.54) is 6.92 Å². The number of Topliss-reactive ketones (excluding diaryl/α,β-unsaturated/α-hetero) is 1. The number of aromatic nitrogens is 1. The van der Waals surface area contributed by atoms with Crippen LogP contribution in [0.4, 0.5) is 0 Å². The fraction of sp³-hybridized carbons (Fsp3) is 0.231. The molecule has 3 heteroatoms. The van der Waals surface area contributed by atoms with Gasteiger partial charge in [0.1, 0.15) is 11.5 Å². The minimum absolute atomic E-state index is 0.0693. The lowest BCUT2D eigenvalue weighted by atomic mass is 10.1. The molecule has 0 bridgehead atoms. The van der Waals surface area contributed by atoms with Crippen molar-refractivity contribution in [3.63, 3.8) is 0 Å². The molecule has 2 rings (SSSR count). The molecule has 1 aromatic carbocycles. The van der Waals surface area contributed by atoms with Gasteiger partial charge in [0.05, 0.1) is 0 Å². The Balaban J connectivity index is 2.49. The van der Waals surface area contributed by atoms with Crippen LogP contribution in [0.1, 0.15) is 28.7 Å². The first-order valence-corrected chi connectivity index (χ1v) is 5.13. The van der Waals surface area contributed by atoms with E-state index in [0.717, 1.165) is 11.1 Å². The molecule has 0 radical (unpaired) electrons. The van der Waals surface area contributed by atoms with Gasteiger partial charge in [-0.3, -0.25) is 4.79 Å². The van der Waals surface area contributed by atoms with Gasteiger partial charge in [-0.25, -0.2) is 4.98 Å². The van der Waals surface area contributed by atoms with E-state index in [4.69, 9.17) is 4.42 Å². The molecule has 1 aromatic heterocycles. The second-order valence-corrected chi connectivity index (χ2v) is 3.85. The van der Waals surface area contributed by atoms with Gasteiger partial charge in [-0.05, 0) is 26.0 Å². The first-order valence-electron chi connectivity index (χ1n) is 5.13. The zero-order valence-electron chi connectivity index (χ0n) is 9.57. The van der Waals surface area contributed by atoms with Crippen molar-refractivity contribution in [2.45, 2.75) is 20.8 Å². The molecule has 0 unspecified atom stereocenters. The van der Waals surface area contributed by atoms with E-state index in [-0.39, 0.29) is 5.78 Å². The number of rotatable bonds is 2. The molecule has 0 amide bonds. The van der Waals surface area contributed by atoms with Gasteiger partial charge < -0.3 is 4.42 Å². The summed E-state index contributed by atoms with van der Waals surface area (Å²) in [6.07, 6.45) is 0. The molecule has 0 saturated heterocycles. The zero-order valence-corrected chi connectivity index (χ0v) is 9.57. The van der Waals surface area contributed by atoms with E-state index in [2.05, 4.69) is 4.98 Å². The third-order valence-corrected chi connectivity index (χ3v) is 2.40. The molecule has 0 saturated carbocycles. The maximum atomic E-state index is 11.3. The van der Waals surface area contributed by atoms with Gasteiger partial charge in [-0.15, -0.1) is 0 Å². The molecule has 0 N–H and O–H groups in total. The molecule has 16 heavy (non-hydrogen) atoms. The van der Waals surface area contributed by atoms with Crippen LogP contribution >= 0.6 is 0 Å². The highest BCUT2D eigenvalue weighted by molar-refractivity contribution is 5.93. The first-order chi connectivity index (χ1) is 7.58. The first kappa shape index (κ1) is 10.6. The third kappa shape index (κ3) is 1.89. The van der Waals surface area contributed by atoms with Gasteiger partial charge in [0.15, 0.2) is 5.78 Å². The molecular formula is C13H13NO2. The predicted molar refractivity (Wildman–Crippen MR) is 61.4 cm³/mol. The largest absolute Gasteiger partial charge is 0.441 e. The van der Waals surface area contributed by atoms with Gasteiger partial charge in [0.2, 0.25) is 5.89 Å². The van der Waals surface area contributed by atoms with E-state index in [1.807, 2.05) is 31.2 Å². The van der Waals surface area contributed by atoms with Crippen LogP contribution in [-0.4, -0.2) is 10.8 Å². The Bertz CT molecular complexity index is 541. The molecule has 0 fully saturated rings. The van der Waals surface area contributed by atoms with Crippen molar-refractivity contribution in [2.24, 2.45) is 0 Å². The van der Waals surface area contributed by atoms with Crippen molar-refractivity contribution in [2.75, 3.05) is 0 Å². The molecular weight excluding hydrogens is 202 g/mol. The quantitative estimate of drug-likeness (QED) is 0.723. The summed E-state index contributed by atoms with van der Waals surface area (Å²) in [6.45, 7) is 5.25. The Hall–Kier alpha value is -1.90. The van der Waals surface area contributed by atoms with Crippen molar-refractivity contribution >= 4 is 5.78 Å². The standard InChI is InChI=1S/C13H13NO2/c1-8-5-4-6-11(7-8)13-14-12(9(2)15)10(3)16-13/h4-7H,1-3H3. The van der Waals surface area contributed by atoms with Crippen LogP contribution in [0, 0.1) is 13.8 Å². The van der Waals surface area contributed by atoms with Crippen molar-refractivity contribution < 1.29 is 9.21 Å². The summed E-state index contributed by atoms with van der Waals surface area (Å²) in [7, 11) is 0. The fourth-order valence-electron chi connectivity index (χ4n) is 1.62. The Labute approximate surface area is 94.1 Å². The molecule has 3 nitrogen and oxygen atoms in total. The summed E-state index contributed by atoms with van der Waals surface area (Å²) in [5.41, 5.74) is 2.45. The average Bonchev–Trinajstić information content (AvgIpc) is 2.60. The van der Waals surface area contributed by atoms with Crippen LogP contribution in [0.15, 0.2) is 28.7 Å². The van der Waals surface area contributed by atoms with Crippen LogP contribution < -0.4 is 0 Å². The van der Waals surface area contributed by atoms with Crippen molar-refractivity contribution in [3.8, 4) is 11.5 Å². The van der Waals surface area contributed by atoms with Crippen LogP contribution in [0.2, 0.25) is 0 Å². The van der Waals surface area contributed by atoms with Crippen LogP contribution in [0.5, 0.6) is 0 Å². The topological polar surface area (TPSA) is 43.1 Å². The number of carbonyl (C=O) groups is 1. The molecule has 0 aliphatic heterocycles. The summed E-state index contributed by atoms with van der Waals surface area (Å²) in [5, 5.41) is 0. The highest BCUT2D eigenvalue weighted by atomic mass is 16.4. The van der Waals surface area contributed by atoms with Crippen molar-refractivity contribution in [1.29, 1.82) is 0 Å². The number of carbonyl (C=O) groups excluding carboxylic acids is 1. The SMILES string of the molecule is CC(=O)c1nc(-c2cccc(C)c2)oc1C. The van der Waals surface area contributed by atoms with Crippen LogP contribution in [0.3, 0.4) is 0 Å². The lowest BCUT2D eigenvalue weighted by Crippen LogP contribution is -1.94. The maximum Gasteiger partial charge on any atom is 0.226 e. The Morgan fingerprint density at radius 2 is 2.06 bits per heavy atom. The molecule has 82 valence electrons. The van der Waals surface area contributed by atoms with Gasteiger partial charge in [-0.2, -0.15) is 0 Å². The second-order valence-electron chi connectivity index (χ2n) is 3.85. The smallest absolute Gasteiger partial charge is 0.226 e. The second kappa shape index (κ2) is 3.93. The number of ketones is 1. The summed E-state index contributed by atoms with van der Waals surface area (Å²) < 4.78 is 5.49. The number of hydrogen-bond donors (Lipinski definition) is 0.